The van der Waals surface area contributed by atoms with Crippen LogP contribution in [-0.2, 0) is 0 Å². The van der Waals surface area contributed by atoms with E-state index < -0.39 is 0 Å². The summed E-state index contributed by atoms with van der Waals surface area (Å²) in [6.45, 7) is 4.78. The van der Waals surface area contributed by atoms with Gasteiger partial charge in [0.25, 0.3) is 5.91 Å². The maximum atomic E-state index is 12.5. The van der Waals surface area contributed by atoms with Crippen LogP contribution in [0, 0.1) is 5.92 Å². The van der Waals surface area contributed by atoms with Gasteiger partial charge in [-0.05, 0) is 53.5 Å². The average Bonchev–Trinajstić information content (AvgIpc) is 2.73. The van der Waals surface area contributed by atoms with Crippen molar-refractivity contribution < 1.29 is 9.53 Å². The molecule has 0 fully saturated rings. The second-order valence-corrected chi connectivity index (χ2v) is 7.46. The number of carbonyl (C=O) groups is 1. The monoisotopic (exact) mass is 404 g/mol. The van der Waals surface area contributed by atoms with E-state index in [1.165, 1.54) is 0 Å². The Balaban J connectivity index is 1.62. The fourth-order valence-electron chi connectivity index (χ4n) is 2.73. The number of para-hydroxylation sites is 2. The summed E-state index contributed by atoms with van der Waals surface area (Å²) in [6.07, 6.45) is 0. The van der Waals surface area contributed by atoms with Crippen molar-refractivity contribution in [1.82, 2.24) is 5.32 Å². The molecule has 29 heavy (non-hydrogen) atoms. The zero-order valence-electron chi connectivity index (χ0n) is 16.5. The zero-order chi connectivity index (χ0) is 20.6. The molecule has 4 nitrogen and oxygen atoms in total. The van der Waals surface area contributed by atoms with E-state index in [2.05, 4.69) is 24.5 Å². The van der Waals surface area contributed by atoms with Crippen molar-refractivity contribution >= 4 is 28.9 Å². The first-order valence-electron chi connectivity index (χ1n) is 9.52. The summed E-state index contributed by atoms with van der Waals surface area (Å²) >= 11 is 5.31. The first-order valence-corrected chi connectivity index (χ1v) is 9.93. The molecule has 0 bridgehead atoms. The van der Waals surface area contributed by atoms with Gasteiger partial charge in [0.05, 0.1) is 12.3 Å². The lowest BCUT2D eigenvalue weighted by Gasteiger charge is -2.15. The maximum Gasteiger partial charge on any atom is 0.257 e. The van der Waals surface area contributed by atoms with E-state index in [9.17, 15) is 4.79 Å². The predicted molar refractivity (Wildman–Crippen MR) is 122 cm³/mol. The molecule has 0 radical (unpaired) electrons. The van der Waals surface area contributed by atoms with E-state index in [4.69, 9.17) is 17.0 Å². The Morgan fingerprint density at radius 2 is 1.52 bits per heavy atom. The summed E-state index contributed by atoms with van der Waals surface area (Å²) < 4.78 is 5.81. The third kappa shape index (κ3) is 5.90. The molecule has 148 valence electrons. The molecule has 0 aliphatic rings. The Morgan fingerprint density at radius 3 is 2.21 bits per heavy atom. The molecule has 3 aromatic rings. The van der Waals surface area contributed by atoms with E-state index in [0.29, 0.717) is 23.8 Å². The quantitative estimate of drug-likeness (QED) is 0.532. The van der Waals surface area contributed by atoms with Gasteiger partial charge in [0.1, 0.15) is 5.75 Å². The molecular weight excluding hydrogens is 380 g/mol. The number of hydrogen-bond donors (Lipinski definition) is 2. The highest BCUT2D eigenvalue weighted by molar-refractivity contribution is 7.80. The van der Waals surface area contributed by atoms with Crippen LogP contribution in [0.4, 0.5) is 5.69 Å². The number of amides is 1. The summed E-state index contributed by atoms with van der Waals surface area (Å²) in [4.78, 5) is 12.5. The Hall–Kier alpha value is -3.18. The standard InChI is InChI=1S/C24H24N2O2S/c1-17(2)16-28-22-11-7-6-10-21(22)25-24(29)26-23(27)20-14-12-19(13-15-20)18-8-4-3-5-9-18/h3-15,17H,16H2,1-2H3,(H2,25,26,27,29). The first-order chi connectivity index (χ1) is 14.0. The molecule has 3 rings (SSSR count). The third-order valence-corrected chi connectivity index (χ3v) is 4.39. The highest BCUT2D eigenvalue weighted by atomic mass is 32.1. The van der Waals surface area contributed by atoms with Crippen molar-refractivity contribution in [3.8, 4) is 16.9 Å². The molecule has 0 atom stereocenters. The van der Waals surface area contributed by atoms with Crippen molar-refractivity contribution in [1.29, 1.82) is 0 Å². The van der Waals surface area contributed by atoms with E-state index in [1.807, 2.05) is 66.7 Å². The smallest absolute Gasteiger partial charge is 0.257 e. The van der Waals surface area contributed by atoms with Gasteiger partial charge in [-0.2, -0.15) is 0 Å². The minimum Gasteiger partial charge on any atom is -0.491 e. The molecule has 0 saturated heterocycles. The van der Waals surface area contributed by atoms with Crippen LogP contribution >= 0.6 is 12.2 Å². The van der Waals surface area contributed by atoms with Crippen molar-refractivity contribution in [3.05, 3.63) is 84.4 Å². The fraction of sp³-hybridized carbons (Fsp3) is 0.167. The van der Waals surface area contributed by atoms with Gasteiger partial charge in [-0.25, -0.2) is 0 Å². The molecule has 3 aromatic carbocycles. The van der Waals surface area contributed by atoms with Crippen LogP contribution in [0.15, 0.2) is 78.9 Å². The van der Waals surface area contributed by atoms with E-state index in [-0.39, 0.29) is 11.0 Å². The van der Waals surface area contributed by atoms with Crippen molar-refractivity contribution in [2.75, 3.05) is 11.9 Å². The SMILES string of the molecule is CC(C)COc1ccccc1NC(=S)NC(=O)c1ccc(-c2ccccc2)cc1. The minimum absolute atomic E-state index is 0.225. The number of carbonyl (C=O) groups excluding carboxylic acids is 1. The Labute approximate surface area is 176 Å². The zero-order valence-corrected chi connectivity index (χ0v) is 17.3. The average molecular weight is 405 g/mol. The number of hydrogen-bond acceptors (Lipinski definition) is 3. The molecule has 0 spiro atoms. The lowest BCUT2D eigenvalue weighted by atomic mass is 10.0. The molecule has 0 aliphatic carbocycles. The van der Waals surface area contributed by atoms with Crippen LogP contribution < -0.4 is 15.4 Å². The van der Waals surface area contributed by atoms with E-state index >= 15 is 0 Å². The topological polar surface area (TPSA) is 50.4 Å². The third-order valence-electron chi connectivity index (χ3n) is 4.19. The molecule has 0 aromatic heterocycles. The summed E-state index contributed by atoms with van der Waals surface area (Å²) in [5.74, 6) is 0.848. The summed E-state index contributed by atoms with van der Waals surface area (Å²) in [6, 6.07) is 25.0. The van der Waals surface area contributed by atoms with Gasteiger partial charge < -0.3 is 10.1 Å². The van der Waals surface area contributed by atoms with Crippen LogP contribution in [0.2, 0.25) is 0 Å². The van der Waals surface area contributed by atoms with Crippen LogP contribution in [0.1, 0.15) is 24.2 Å². The highest BCUT2D eigenvalue weighted by Gasteiger charge is 2.11. The lowest BCUT2D eigenvalue weighted by molar-refractivity contribution is 0.0977. The largest absolute Gasteiger partial charge is 0.491 e. The van der Waals surface area contributed by atoms with Crippen molar-refractivity contribution in [3.63, 3.8) is 0 Å². The van der Waals surface area contributed by atoms with E-state index in [0.717, 1.165) is 16.8 Å². The number of anilines is 1. The Morgan fingerprint density at radius 1 is 0.897 bits per heavy atom. The molecular formula is C24H24N2O2S. The Bertz CT molecular complexity index is 970. The maximum absolute atomic E-state index is 12.5. The van der Waals surface area contributed by atoms with Crippen LogP contribution in [-0.4, -0.2) is 17.6 Å². The van der Waals surface area contributed by atoms with Crippen molar-refractivity contribution in [2.24, 2.45) is 5.92 Å². The number of nitrogens with one attached hydrogen (secondary N) is 2. The molecule has 0 unspecified atom stereocenters. The van der Waals surface area contributed by atoms with Crippen molar-refractivity contribution in [2.45, 2.75) is 13.8 Å². The normalized spacial score (nSPS) is 10.4. The highest BCUT2D eigenvalue weighted by Crippen LogP contribution is 2.24. The number of ether oxygens (including phenoxy) is 1. The van der Waals surface area contributed by atoms with Crippen LogP contribution in [0.5, 0.6) is 5.75 Å². The van der Waals surface area contributed by atoms with Gasteiger partial charge in [-0.15, -0.1) is 0 Å². The summed E-state index contributed by atoms with van der Waals surface area (Å²) in [5.41, 5.74) is 3.42. The second kappa shape index (κ2) is 9.85. The first kappa shape index (κ1) is 20.6. The van der Waals surface area contributed by atoms with Gasteiger partial charge in [-0.1, -0.05) is 68.4 Å². The number of benzene rings is 3. The minimum atomic E-state index is -0.261. The van der Waals surface area contributed by atoms with Gasteiger partial charge >= 0.3 is 0 Å². The van der Waals surface area contributed by atoms with Crippen LogP contribution in [0.3, 0.4) is 0 Å². The summed E-state index contributed by atoms with van der Waals surface area (Å²) in [5, 5.41) is 5.99. The predicted octanol–water partition coefficient (Wildman–Crippen LogP) is 5.52. The van der Waals surface area contributed by atoms with Gasteiger partial charge in [0, 0.05) is 5.56 Å². The molecule has 0 aliphatic heterocycles. The number of thiocarbonyl (C=S) groups is 1. The van der Waals surface area contributed by atoms with Gasteiger partial charge in [0.2, 0.25) is 0 Å². The Kier molecular flexibility index (Phi) is 6.98. The molecule has 1 amide bonds. The fourth-order valence-corrected chi connectivity index (χ4v) is 2.93. The number of rotatable bonds is 6. The summed E-state index contributed by atoms with van der Waals surface area (Å²) in [7, 11) is 0. The second-order valence-electron chi connectivity index (χ2n) is 7.05. The molecule has 0 saturated carbocycles. The van der Waals surface area contributed by atoms with Gasteiger partial charge in [0.15, 0.2) is 5.11 Å². The van der Waals surface area contributed by atoms with E-state index in [1.54, 1.807) is 12.1 Å². The lowest BCUT2D eigenvalue weighted by Crippen LogP contribution is -2.34. The van der Waals surface area contributed by atoms with Crippen LogP contribution in [0.25, 0.3) is 11.1 Å². The van der Waals surface area contributed by atoms with Gasteiger partial charge in [-0.3, -0.25) is 10.1 Å². The molecule has 0 heterocycles. The molecule has 2 N–H and O–H groups in total. The molecule has 5 heteroatoms.